The Kier molecular flexibility index (Phi) is 4.07. The highest BCUT2D eigenvalue weighted by Crippen LogP contribution is 2.19. The van der Waals surface area contributed by atoms with Crippen LogP contribution >= 0.6 is 23.2 Å². The Morgan fingerprint density at radius 3 is 2.94 bits per heavy atom. The monoisotopic (exact) mass is 290 g/mol. The molecule has 0 bridgehead atoms. The summed E-state index contributed by atoms with van der Waals surface area (Å²) in [6, 6.07) is 2.97. The van der Waals surface area contributed by atoms with E-state index in [0.29, 0.717) is 13.0 Å². The van der Waals surface area contributed by atoms with Crippen molar-refractivity contribution in [1.82, 2.24) is 10.3 Å². The van der Waals surface area contributed by atoms with Gasteiger partial charge in [0.05, 0.1) is 12.2 Å². The van der Waals surface area contributed by atoms with E-state index in [0.717, 1.165) is 0 Å². The number of pyridine rings is 1. The molecule has 1 aromatic rings. The van der Waals surface area contributed by atoms with Gasteiger partial charge in [-0.3, -0.25) is 4.79 Å². The van der Waals surface area contributed by atoms with Gasteiger partial charge < -0.3 is 15.2 Å². The zero-order chi connectivity index (χ0) is 13.2. The molecule has 1 aliphatic heterocycles. The van der Waals surface area contributed by atoms with Crippen LogP contribution in [0.15, 0.2) is 12.1 Å². The summed E-state index contributed by atoms with van der Waals surface area (Å²) < 4.78 is 5.08. The third-order valence-electron chi connectivity index (χ3n) is 2.72. The van der Waals surface area contributed by atoms with Crippen molar-refractivity contribution in [2.75, 3.05) is 19.8 Å². The number of carbonyl (C=O) groups is 1. The van der Waals surface area contributed by atoms with Gasteiger partial charge in [0.2, 0.25) is 0 Å². The van der Waals surface area contributed by atoms with Gasteiger partial charge in [0.25, 0.3) is 5.91 Å². The normalized spacial score (nSPS) is 23.1. The zero-order valence-electron chi connectivity index (χ0n) is 9.45. The van der Waals surface area contributed by atoms with Crippen molar-refractivity contribution in [2.24, 2.45) is 0 Å². The summed E-state index contributed by atoms with van der Waals surface area (Å²) >= 11 is 11.5. The topological polar surface area (TPSA) is 71.5 Å². The molecule has 0 spiro atoms. The minimum Gasteiger partial charge on any atom is -0.386 e. The fraction of sp³-hybridized carbons (Fsp3) is 0.455. The van der Waals surface area contributed by atoms with Crippen molar-refractivity contribution in [3.8, 4) is 0 Å². The summed E-state index contributed by atoms with van der Waals surface area (Å²) in [6.45, 7) is 0.834. The molecule has 1 unspecified atom stereocenters. The fourth-order valence-electron chi connectivity index (χ4n) is 1.66. The van der Waals surface area contributed by atoms with Crippen LogP contribution in [0.2, 0.25) is 10.3 Å². The fourth-order valence-corrected chi connectivity index (χ4v) is 2.09. The molecule has 1 fully saturated rings. The molecule has 5 nitrogen and oxygen atoms in total. The quantitative estimate of drug-likeness (QED) is 0.823. The largest absolute Gasteiger partial charge is 0.386 e. The summed E-state index contributed by atoms with van der Waals surface area (Å²) in [5.41, 5.74) is -0.772. The third kappa shape index (κ3) is 3.11. The first-order valence-electron chi connectivity index (χ1n) is 5.41. The molecule has 1 atom stereocenters. The van der Waals surface area contributed by atoms with E-state index in [2.05, 4.69) is 10.3 Å². The van der Waals surface area contributed by atoms with Crippen LogP contribution in [0.5, 0.6) is 0 Å². The van der Waals surface area contributed by atoms with Crippen LogP contribution in [0.1, 0.15) is 16.8 Å². The molecule has 0 saturated carbocycles. The SMILES string of the molecule is O=C(NCC1(O)CCOC1)c1ccc(Cl)nc1Cl. The molecule has 2 heterocycles. The first-order chi connectivity index (χ1) is 8.50. The minimum absolute atomic E-state index is 0.0367. The highest BCUT2D eigenvalue weighted by Gasteiger charge is 2.32. The second-order valence-corrected chi connectivity index (χ2v) is 4.93. The van der Waals surface area contributed by atoms with Crippen LogP contribution in [0, 0.1) is 0 Å². The van der Waals surface area contributed by atoms with E-state index in [1.54, 1.807) is 0 Å². The second-order valence-electron chi connectivity index (χ2n) is 4.18. The number of carbonyl (C=O) groups excluding carboxylic acids is 1. The first kappa shape index (κ1) is 13.5. The third-order valence-corrected chi connectivity index (χ3v) is 3.22. The Bertz CT molecular complexity index is 462. The van der Waals surface area contributed by atoms with Gasteiger partial charge in [-0.15, -0.1) is 0 Å². The van der Waals surface area contributed by atoms with E-state index in [1.165, 1.54) is 12.1 Å². The lowest BCUT2D eigenvalue weighted by Gasteiger charge is -2.20. The van der Waals surface area contributed by atoms with E-state index in [9.17, 15) is 9.90 Å². The van der Waals surface area contributed by atoms with Crippen LogP contribution in [-0.2, 0) is 4.74 Å². The molecule has 0 radical (unpaired) electrons. The molecular formula is C11H12Cl2N2O3. The van der Waals surface area contributed by atoms with E-state index < -0.39 is 11.5 Å². The van der Waals surface area contributed by atoms with Gasteiger partial charge in [-0.25, -0.2) is 4.98 Å². The van der Waals surface area contributed by atoms with E-state index in [1.807, 2.05) is 0 Å². The van der Waals surface area contributed by atoms with Gasteiger partial charge >= 0.3 is 0 Å². The lowest BCUT2D eigenvalue weighted by molar-refractivity contribution is 0.0264. The Morgan fingerprint density at radius 1 is 1.56 bits per heavy atom. The van der Waals surface area contributed by atoms with Crippen molar-refractivity contribution in [1.29, 1.82) is 0 Å². The molecule has 98 valence electrons. The van der Waals surface area contributed by atoms with Crippen molar-refractivity contribution in [2.45, 2.75) is 12.0 Å². The maximum absolute atomic E-state index is 11.8. The van der Waals surface area contributed by atoms with Gasteiger partial charge in [-0.2, -0.15) is 0 Å². The highest BCUT2D eigenvalue weighted by molar-refractivity contribution is 6.34. The summed E-state index contributed by atoms with van der Waals surface area (Å²) in [4.78, 5) is 15.6. The summed E-state index contributed by atoms with van der Waals surface area (Å²) in [7, 11) is 0. The minimum atomic E-state index is -0.998. The number of amides is 1. The molecule has 0 aromatic carbocycles. The Balaban J connectivity index is 1.99. The lowest BCUT2D eigenvalue weighted by Crippen LogP contribution is -2.43. The number of hydrogen-bond donors (Lipinski definition) is 2. The Morgan fingerprint density at radius 2 is 2.33 bits per heavy atom. The second kappa shape index (κ2) is 5.40. The predicted octanol–water partition coefficient (Wildman–Crippen LogP) is 1.27. The summed E-state index contributed by atoms with van der Waals surface area (Å²) in [5, 5.41) is 12.9. The number of rotatable bonds is 3. The van der Waals surface area contributed by atoms with Crippen LogP contribution in [0.3, 0.4) is 0 Å². The zero-order valence-corrected chi connectivity index (χ0v) is 11.0. The van der Waals surface area contributed by atoms with Gasteiger partial charge in [0.15, 0.2) is 0 Å². The standard InChI is InChI=1S/C11H12Cl2N2O3/c12-8-2-1-7(9(13)15-8)10(16)14-5-11(17)3-4-18-6-11/h1-2,17H,3-6H2,(H,14,16). The molecule has 1 aromatic heterocycles. The van der Waals surface area contributed by atoms with Crippen LogP contribution < -0.4 is 5.32 Å². The van der Waals surface area contributed by atoms with Crippen molar-refractivity contribution in [3.05, 3.63) is 28.0 Å². The van der Waals surface area contributed by atoms with Crippen molar-refractivity contribution >= 4 is 29.1 Å². The first-order valence-corrected chi connectivity index (χ1v) is 6.16. The van der Waals surface area contributed by atoms with Crippen molar-refractivity contribution < 1.29 is 14.6 Å². The Labute approximate surface area is 114 Å². The van der Waals surface area contributed by atoms with E-state index >= 15 is 0 Å². The average Bonchev–Trinajstić information content (AvgIpc) is 2.74. The van der Waals surface area contributed by atoms with Crippen molar-refractivity contribution in [3.63, 3.8) is 0 Å². The molecule has 0 aliphatic carbocycles. The van der Waals surface area contributed by atoms with Crippen LogP contribution in [-0.4, -0.2) is 41.4 Å². The molecule has 2 N–H and O–H groups in total. The number of hydrogen-bond acceptors (Lipinski definition) is 4. The summed E-state index contributed by atoms with van der Waals surface area (Å²) in [5.74, 6) is -0.399. The maximum Gasteiger partial charge on any atom is 0.254 e. The van der Waals surface area contributed by atoms with Gasteiger partial charge in [0, 0.05) is 19.6 Å². The number of aliphatic hydroxyl groups is 1. The molecule has 18 heavy (non-hydrogen) atoms. The number of nitrogens with one attached hydrogen (secondary N) is 1. The number of ether oxygens (including phenoxy) is 1. The molecule has 1 amide bonds. The van der Waals surface area contributed by atoms with Gasteiger partial charge in [-0.1, -0.05) is 23.2 Å². The molecular weight excluding hydrogens is 279 g/mol. The number of aromatic nitrogens is 1. The van der Waals surface area contributed by atoms with Crippen LogP contribution in [0.25, 0.3) is 0 Å². The van der Waals surface area contributed by atoms with Crippen LogP contribution in [0.4, 0.5) is 0 Å². The van der Waals surface area contributed by atoms with E-state index in [4.69, 9.17) is 27.9 Å². The smallest absolute Gasteiger partial charge is 0.254 e. The molecule has 1 saturated heterocycles. The molecule has 2 rings (SSSR count). The predicted molar refractivity (Wildman–Crippen MR) is 67.0 cm³/mol. The lowest BCUT2D eigenvalue weighted by atomic mass is 10.0. The number of nitrogens with zero attached hydrogens (tertiary/aromatic N) is 1. The molecule has 7 heteroatoms. The average molecular weight is 291 g/mol. The number of halogens is 2. The van der Waals surface area contributed by atoms with Gasteiger partial charge in [-0.05, 0) is 12.1 Å². The Hall–Kier alpha value is -0.880. The van der Waals surface area contributed by atoms with Gasteiger partial charge in [0.1, 0.15) is 15.9 Å². The highest BCUT2D eigenvalue weighted by atomic mass is 35.5. The molecule has 1 aliphatic rings. The maximum atomic E-state index is 11.8. The summed E-state index contributed by atoms with van der Waals surface area (Å²) in [6.07, 6.45) is 0.500. The van der Waals surface area contributed by atoms with E-state index in [-0.39, 0.29) is 29.0 Å².